The van der Waals surface area contributed by atoms with Gasteiger partial charge in [0.15, 0.2) is 0 Å². The molecule has 0 radical (unpaired) electrons. The van der Waals surface area contributed by atoms with Crippen molar-refractivity contribution in [3.63, 3.8) is 0 Å². The summed E-state index contributed by atoms with van der Waals surface area (Å²) in [7, 11) is 0. The van der Waals surface area contributed by atoms with Gasteiger partial charge in [-0.2, -0.15) is 0 Å². The first-order chi connectivity index (χ1) is 8.21. The number of halogens is 1. The van der Waals surface area contributed by atoms with Gasteiger partial charge in [-0.25, -0.2) is 4.39 Å². The second-order valence-corrected chi connectivity index (χ2v) is 3.77. The second-order valence-electron chi connectivity index (χ2n) is 3.77. The maximum Gasteiger partial charge on any atom is 0.124 e. The molecule has 0 unspecified atom stereocenters. The van der Waals surface area contributed by atoms with Gasteiger partial charge in [0.2, 0.25) is 0 Å². The standard InChI is InChI=1S/C14H19FN2/c1-3-17(4-2)11-13-7-8-14(15)10-12(13)6-5-9-16/h7-8,10H,3-4,9,11,16H2,1-2H3. The van der Waals surface area contributed by atoms with Crippen molar-refractivity contribution in [1.82, 2.24) is 4.90 Å². The van der Waals surface area contributed by atoms with E-state index in [0.717, 1.165) is 30.8 Å². The summed E-state index contributed by atoms with van der Waals surface area (Å²) in [6.45, 7) is 7.24. The molecule has 2 N–H and O–H groups in total. The summed E-state index contributed by atoms with van der Waals surface area (Å²) < 4.78 is 13.2. The van der Waals surface area contributed by atoms with E-state index in [1.165, 1.54) is 12.1 Å². The van der Waals surface area contributed by atoms with E-state index < -0.39 is 0 Å². The van der Waals surface area contributed by atoms with E-state index in [1.807, 2.05) is 0 Å². The Labute approximate surface area is 103 Å². The van der Waals surface area contributed by atoms with E-state index in [-0.39, 0.29) is 5.82 Å². The molecule has 0 aliphatic rings. The van der Waals surface area contributed by atoms with Crippen molar-refractivity contribution < 1.29 is 4.39 Å². The molecule has 0 aromatic heterocycles. The van der Waals surface area contributed by atoms with Crippen molar-refractivity contribution in [2.24, 2.45) is 5.73 Å². The normalized spacial score (nSPS) is 10.2. The van der Waals surface area contributed by atoms with Crippen LogP contribution in [0.1, 0.15) is 25.0 Å². The largest absolute Gasteiger partial charge is 0.320 e. The number of hydrogen-bond acceptors (Lipinski definition) is 2. The average molecular weight is 234 g/mol. The lowest BCUT2D eigenvalue weighted by Crippen LogP contribution is -2.22. The lowest BCUT2D eigenvalue weighted by Gasteiger charge is -2.18. The van der Waals surface area contributed by atoms with Crippen molar-refractivity contribution in [2.75, 3.05) is 19.6 Å². The Morgan fingerprint density at radius 2 is 2.00 bits per heavy atom. The van der Waals surface area contributed by atoms with Gasteiger partial charge in [0.25, 0.3) is 0 Å². The van der Waals surface area contributed by atoms with Crippen LogP contribution in [-0.2, 0) is 6.54 Å². The molecule has 0 atom stereocenters. The number of nitrogens with zero attached hydrogens (tertiary/aromatic N) is 1. The fourth-order valence-corrected chi connectivity index (χ4v) is 1.64. The number of hydrogen-bond donors (Lipinski definition) is 1. The van der Waals surface area contributed by atoms with Gasteiger partial charge in [-0.1, -0.05) is 31.8 Å². The maximum atomic E-state index is 13.2. The van der Waals surface area contributed by atoms with Crippen LogP contribution in [0.2, 0.25) is 0 Å². The van der Waals surface area contributed by atoms with Crippen molar-refractivity contribution in [3.05, 3.63) is 35.1 Å². The highest BCUT2D eigenvalue weighted by molar-refractivity contribution is 5.41. The highest BCUT2D eigenvalue weighted by Crippen LogP contribution is 2.13. The van der Waals surface area contributed by atoms with Gasteiger partial charge in [-0.05, 0) is 30.8 Å². The molecule has 0 spiro atoms. The third-order valence-corrected chi connectivity index (χ3v) is 2.69. The predicted octanol–water partition coefficient (Wildman–Crippen LogP) is 1.98. The minimum atomic E-state index is -0.255. The first kappa shape index (κ1) is 13.7. The first-order valence-electron chi connectivity index (χ1n) is 5.91. The van der Waals surface area contributed by atoms with Gasteiger partial charge in [0, 0.05) is 12.1 Å². The van der Waals surface area contributed by atoms with Crippen LogP contribution in [0.15, 0.2) is 18.2 Å². The zero-order chi connectivity index (χ0) is 12.7. The van der Waals surface area contributed by atoms with Gasteiger partial charge < -0.3 is 5.73 Å². The monoisotopic (exact) mass is 234 g/mol. The Kier molecular flexibility index (Phi) is 5.68. The van der Waals surface area contributed by atoms with Crippen molar-refractivity contribution in [2.45, 2.75) is 20.4 Å². The van der Waals surface area contributed by atoms with Crippen LogP contribution in [-0.4, -0.2) is 24.5 Å². The molecule has 3 heteroatoms. The van der Waals surface area contributed by atoms with Gasteiger partial charge in [-0.3, -0.25) is 4.90 Å². The molecule has 2 nitrogen and oxygen atoms in total. The minimum absolute atomic E-state index is 0.255. The van der Waals surface area contributed by atoms with E-state index in [2.05, 4.69) is 30.6 Å². The van der Waals surface area contributed by atoms with E-state index >= 15 is 0 Å². The highest BCUT2D eigenvalue weighted by atomic mass is 19.1. The van der Waals surface area contributed by atoms with Crippen LogP contribution >= 0.6 is 0 Å². The molecule has 0 aliphatic heterocycles. The molecule has 92 valence electrons. The van der Waals surface area contributed by atoms with Gasteiger partial charge >= 0.3 is 0 Å². The molecule has 1 rings (SSSR count). The maximum absolute atomic E-state index is 13.2. The summed E-state index contributed by atoms with van der Waals surface area (Å²) in [5.74, 6) is 5.44. The topological polar surface area (TPSA) is 29.3 Å². The van der Waals surface area contributed by atoms with E-state index in [1.54, 1.807) is 6.07 Å². The van der Waals surface area contributed by atoms with Crippen LogP contribution in [0.4, 0.5) is 4.39 Å². The summed E-state index contributed by atoms with van der Waals surface area (Å²) in [5, 5.41) is 0. The highest BCUT2D eigenvalue weighted by Gasteiger charge is 2.06. The Bertz CT molecular complexity index is 414. The Morgan fingerprint density at radius 3 is 2.59 bits per heavy atom. The third-order valence-electron chi connectivity index (χ3n) is 2.69. The summed E-state index contributed by atoms with van der Waals surface area (Å²) in [4.78, 5) is 2.26. The quantitative estimate of drug-likeness (QED) is 0.807. The first-order valence-corrected chi connectivity index (χ1v) is 5.91. The van der Waals surface area contributed by atoms with E-state index in [4.69, 9.17) is 5.73 Å². The van der Waals surface area contributed by atoms with E-state index in [9.17, 15) is 4.39 Å². The van der Waals surface area contributed by atoms with E-state index in [0.29, 0.717) is 6.54 Å². The molecule has 1 aromatic carbocycles. The number of rotatable bonds is 4. The Hall–Kier alpha value is -1.37. The van der Waals surface area contributed by atoms with Crippen molar-refractivity contribution in [1.29, 1.82) is 0 Å². The Balaban J connectivity index is 2.97. The zero-order valence-corrected chi connectivity index (χ0v) is 10.5. The van der Waals surface area contributed by atoms with Crippen molar-refractivity contribution in [3.8, 4) is 11.8 Å². The molecule has 0 saturated carbocycles. The molecule has 0 fully saturated rings. The lowest BCUT2D eigenvalue weighted by atomic mass is 10.1. The summed E-state index contributed by atoms with van der Waals surface area (Å²) in [6.07, 6.45) is 0. The smallest absolute Gasteiger partial charge is 0.124 e. The van der Waals surface area contributed by atoms with Crippen LogP contribution in [0.3, 0.4) is 0 Å². The number of benzene rings is 1. The van der Waals surface area contributed by atoms with Crippen LogP contribution in [0.25, 0.3) is 0 Å². The molecule has 17 heavy (non-hydrogen) atoms. The predicted molar refractivity (Wildman–Crippen MR) is 69.0 cm³/mol. The van der Waals surface area contributed by atoms with Gasteiger partial charge in [0.1, 0.15) is 5.82 Å². The van der Waals surface area contributed by atoms with Crippen LogP contribution < -0.4 is 5.73 Å². The second kappa shape index (κ2) is 7.05. The fraction of sp³-hybridized carbons (Fsp3) is 0.429. The Morgan fingerprint density at radius 1 is 1.29 bits per heavy atom. The summed E-state index contributed by atoms with van der Waals surface area (Å²) in [5.41, 5.74) is 7.13. The minimum Gasteiger partial charge on any atom is -0.320 e. The molecule has 1 aromatic rings. The SMILES string of the molecule is CCN(CC)Cc1ccc(F)cc1C#CCN. The number of nitrogens with two attached hydrogens (primary N) is 1. The fourth-order valence-electron chi connectivity index (χ4n) is 1.64. The van der Waals surface area contributed by atoms with Crippen molar-refractivity contribution >= 4 is 0 Å². The zero-order valence-electron chi connectivity index (χ0n) is 10.5. The van der Waals surface area contributed by atoms with Crippen LogP contribution in [0.5, 0.6) is 0 Å². The molecular formula is C14H19FN2. The molecule has 0 bridgehead atoms. The summed E-state index contributed by atoms with van der Waals surface area (Å²) in [6, 6.07) is 4.75. The molecule has 0 saturated heterocycles. The molecule has 0 amide bonds. The molecule has 0 aliphatic carbocycles. The molecule has 0 heterocycles. The third kappa shape index (κ3) is 4.18. The summed E-state index contributed by atoms with van der Waals surface area (Å²) >= 11 is 0. The lowest BCUT2D eigenvalue weighted by molar-refractivity contribution is 0.295. The van der Waals surface area contributed by atoms with Gasteiger partial charge in [0.05, 0.1) is 6.54 Å². The van der Waals surface area contributed by atoms with Gasteiger partial charge in [-0.15, -0.1) is 0 Å². The van der Waals surface area contributed by atoms with Crippen LogP contribution in [0, 0.1) is 17.7 Å². The molecular weight excluding hydrogens is 215 g/mol. The average Bonchev–Trinajstić information content (AvgIpc) is 2.35.